The van der Waals surface area contributed by atoms with Crippen molar-refractivity contribution >= 4 is 23.1 Å². The van der Waals surface area contributed by atoms with Crippen LogP contribution in [0.5, 0.6) is 0 Å². The molecule has 2 aromatic carbocycles. The van der Waals surface area contributed by atoms with Crippen LogP contribution in [-0.4, -0.2) is 24.9 Å². The van der Waals surface area contributed by atoms with Gasteiger partial charge in [0.1, 0.15) is 11.5 Å². The Morgan fingerprint density at radius 2 is 2.08 bits per heavy atom. The number of halogens is 2. The van der Waals surface area contributed by atoms with Crippen LogP contribution in [-0.2, 0) is 0 Å². The zero-order valence-electron chi connectivity index (χ0n) is 12.8. The Morgan fingerprint density at radius 1 is 1.32 bits per heavy atom. The van der Waals surface area contributed by atoms with Crippen LogP contribution < -0.4 is 5.49 Å². The molecule has 0 aliphatic heterocycles. The molecule has 0 unspecified atom stereocenters. The average Bonchev–Trinajstić information content (AvgIpc) is 2.88. The molecule has 1 aromatic heterocycles. The van der Waals surface area contributed by atoms with Gasteiger partial charge in [0.15, 0.2) is 0 Å². The van der Waals surface area contributed by atoms with Crippen molar-refractivity contribution < 1.29 is 14.5 Å². The van der Waals surface area contributed by atoms with Gasteiger partial charge in [0.2, 0.25) is 0 Å². The number of aromatic nitrogens is 3. The van der Waals surface area contributed by atoms with Gasteiger partial charge in [-0.1, -0.05) is 28.6 Å². The first kappa shape index (κ1) is 16.7. The molecule has 0 spiro atoms. The second kappa shape index (κ2) is 6.36. The van der Waals surface area contributed by atoms with Crippen LogP contribution in [0.3, 0.4) is 0 Å². The Bertz CT molecular complexity index is 1040. The van der Waals surface area contributed by atoms with Gasteiger partial charge in [-0.2, -0.15) is 0 Å². The van der Waals surface area contributed by atoms with Crippen molar-refractivity contribution in [1.82, 2.24) is 14.7 Å². The van der Waals surface area contributed by atoms with Crippen molar-refractivity contribution in [2.75, 3.05) is 0 Å². The van der Waals surface area contributed by atoms with Gasteiger partial charge in [-0.05, 0) is 52.5 Å². The first-order valence-electron chi connectivity index (χ1n) is 6.99. The van der Waals surface area contributed by atoms with Crippen molar-refractivity contribution in [3.8, 4) is 5.69 Å². The first-order chi connectivity index (χ1) is 11.9. The normalized spacial score (nSPS) is 11.7. The highest BCUT2D eigenvalue weighted by Gasteiger charge is 2.24. The summed E-state index contributed by atoms with van der Waals surface area (Å²) in [6, 6.07) is 10.3. The van der Waals surface area contributed by atoms with E-state index in [1.165, 1.54) is 18.2 Å². The van der Waals surface area contributed by atoms with Gasteiger partial charge in [-0.3, -0.25) is 0 Å². The molecule has 0 amide bonds. The third kappa shape index (κ3) is 3.22. The predicted octanol–water partition coefficient (Wildman–Crippen LogP) is 3.15. The maximum atomic E-state index is 13.7. The summed E-state index contributed by atoms with van der Waals surface area (Å²) in [5.74, 6) is -1.21. The van der Waals surface area contributed by atoms with Gasteiger partial charge in [0, 0.05) is 5.02 Å². The van der Waals surface area contributed by atoms with E-state index in [0.29, 0.717) is 15.4 Å². The van der Waals surface area contributed by atoms with E-state index in [1.807, 2.05) is 0 Å². The molecule has 8 nitrogen and oxygen atoms in total. The summed E-state index contributed by atoms with van der Waals surface area (Å²) in [6.07, 6.45) is 0. The highest BCUT2D eigenvalue weighted by atomic mass is 35.5. The lowest BCUT2D eigenvalue weighted by atomic mass is 10.2. The quantitative estimate of drug-likeness (QED) is 0.439. The molecular weight excluding hydrogens is 353 g/mol. The summed E-state index contributed by atoms with van der Waals surface area (Å²) in [7, 11) is 0. The molecule has 1 N–H and O–H groups in total. The summed E-state index contributed by atoms with van der Waals surface area (Å²) in [4.78, 5) is 15.7. The molecule has 0 atom stereocenters. The maximum absolute atomic E-state index is 13.7. The predicted molar refractivity (Wildman–Crippen MR) is 86.8 cm³/mol. The molecular formula is C15H11ClFN5O3. The SMILES string of the molecule is Cc1ccc(N=c2c([N+](=O)[O-])nn(-c3cccc(Cl)c3)n2O)cc1F. The molecule has 25 heavy (non-hydrogen) atoms. The minimum absolute atomic E-state index is 0.0969. The van der Waals surface area contributed by atoms with Gasteiger partial charge in [-0.25, -0.2) is 9.38 Å². The van der Waals surface area contributed by atoms with Crippen molar-refractivity contribution in [2.45, 2.75) is 6.92 Å². The Balaban J connectivity index is 2.24. The molecule has 128 valence electrons. The van der Waals surface area contributed by atoms with Crippen molar-refractivity contribution in [3.63, 3.8) is 0 Å². The lowest BCUT2D eigenvalue weighted by Gasteiger charge is -2.00. The monoisotopic (exact) mass is 363 g/mol. The maximum Gasteiger partial charge on any atom is 0.438 e. The standard InChI is InChI=1S/C15H11ClFN5O3/c1-9-5-6-11(8-13(9)17)18-14-15(22(24)25)19-20(21(14)23)12-4-2-3-10(16)7-12/h2-8,23H,1H3. The van der Waals surface area contributed by atoms with E-state index < -0.39 is 22.0 Å². The number of aryl methyl sites for hydroxylation is 1. The van der Waals surface area contributed by atoms with Crippen LogP contribution >= 0.6 is 11.6 Å². The van der Waals surface area contributed by atoms with E-state index in [1.54, 1.807) is 25.1 Å². The fourth-order valence-corrected chi connectivity index (χ4v) is 2.29. The number of hydrogen-bond donors (Lipinski definition) is 1. The summed E-state index contributed by atoms with van der Waals surface area (Å²) < 4.78 is 13.7. The molecule has 0 fully saturated rings. The van der Waals surface area contributed by atoms with Crippen LogP contribution in [0, 0.1) is 22.9 Å². The van der Waals surface area contributed by atoms with Crippen molar-refractivity contribution in [1.29, 1.82) is 0 Å². The molecule has 0 radical (unpaired) electrons. The second-order valence-electron chi connectivity index (χ2n) is 5.11. The third-order valence-electron chi connectivity index (χ3n) is 3.36. The van der Waals surface area contributed by atoms with Gasteiger partial charge < -0.3 is 15.3 Å². The van der Waals surface area contributed by atoms with E-state index in [-0.39, 0.29) is 11.4 Å². The number of hydrogen-bond acceptors (Lipinski definition) is 5. The summed E-state index contributed by atoms with van der Waals surface area (Å²) in [6.45, 7) is 1.57. The fourth-order valence-electron chi connectivity index (χ4n) is 2.11. The van der Waals surface area contributed by atoms with Gasteiger partial charge in [-0.15, -0.1) is 0 Å². The Labute approximate surface area is 145 Å². The molecule has 3 aromatic rings. The van der Waals surface area contributed by atoms with Crippen LogP contribution in [0.1, 0.15) is 5.56 Å². The van der Waals surface area contributed by atoms with Crippen molar-refractivity contribution in [3.05, 3.63) is 74.5 Å². The molecule has 0 saturated carbocycles. The van der Waals surface area contributed by atoms with E-state index in [2.05, 4.69) is 10.1 Å². The van der Waals surface area contributed by atoms with Crippen LogP contribution in [0.25, 0.3) is 5.69 Å². The molecule has 1 heterocycles. The Hall–Kier alpha value is -3.20. The largest absolute Gasteiger partial charge is 0.438 e. The fraction of sp³-hybridized carbons (Fsp3) is 0.0667. The highest BCUT2D eigenvalue weighted by Crippen LogP contribution is 2.18. The molecule has 3 rings (SSSR count). The minimum atomic E-state index is -0.794. The van der Waals surface area contributed by atoms with E-state index >= 15 is 0 Å². The van der Waals surface area contributed by atoms with E-state index in [4.69, 9.17) is 11.6 Å². The number of rotatable bonds is 3. The van der Waals surface area contributed by atoms with E-state index in [9.17, 15) is 19.7 Å². The minimum Gasteiger partial charge on any atom is -0.409 e. The summed E-state index contributed by atoms with van der Waals surface area (Å²) >= 11 is 5.89. The average molecular weight is 364 g/mol. The van der Waals surface area contributed by atoms with Crippen LogP contribution in [0.2, 0.25) is 5.02 Å². The Kier molecular flexibility index (Phi) is 4.24. The lowest BCUT2D eigenvalue weighted by molar-refractivity contribution is -0.391. The second-order valence-corrected chi connectivity index (χ2v) is 5.54. The first-order valence-corrected chi connectivity index (χ1v) is 7.37. The highest BCUT2D eigenvalue weighted by molar-refractivity contribution is 6.30. The zero-order chi connectivity index (χ0) is 18.1. The molecule has 0 aliphatic rings. The van der Waals surface area contributed by atoms with Crippen LogP contribution in [0.15, 0.2) is 47.5 Å². The van der Waals surface area contributed by atoms with Crippen molar-refractivity contribution in [2.24, 2.45) is 4.99 Å². The molecule has 0 aliphatic carbocycles. The molecule has 0 saturated heterocycles. The molecule has 0 bridgehead atoms. The lowest BCUT2D eigenvalue weighted by Crippen LogP contribution is -2.22. The zero-order valence-corrected chi connectivity index (χ0v) is 13.6. The summed E-state index contributed by atoms with van der Waals surface area (Å²) in [5.41, 5.74) is 0.336. The number of nitro groups is 1. The number of nitrogens with zero attached hydrogens (tertiary/aromatic N) is 5. The summed E-state index contributed by atoms with van der Waals surface area (Å²) in [5, 5.41) is 25.6. The van der Waals surface area contributed by atoms with E-state index in [0.717, 1.165) is 10.9 Å². The van der Waals surface area contributed by atoms with Crippen LogP contribution in [0.4, 0.5) is 15.9 Å². The van der Waals surface area contributed by atoms with Gasteiger partial charge >= 0.3 is 5.82 Å². The third-order valence-corrected chi connectivity index (χ3v) is 3.60. The smallest absolute Gasteiger partial charge is 0.409 e. The Morgan fingerprint density at radius 3 is 2.72 bits per heavy atom. The number of benzene rings is 2. The van der Waals surface area contributed by atoms with Gasteiger partial charge in [0.25, 0.3) is 5.49 Å². The van der Waals surface area contributed by atoms with Gasteiger partial charge in [0.05, 0.1) is 10.8 Å². The topological polar surface area (TPSA) is 98.5 Å². The molecule has 10 heteroatoms.